The van der Waals surface area contributed by atoms with Gasteiger partial charge in [0.15, 0.2) is 23.0 Å². The Balaban J connectivity index is 1.62. The maximum Gasteiger partial charge on any atom is 0.437 e. The highest BCUT2D eigenvalue weighted by atomic mass is 19.4. The summed E-state index contributed by atoms with van der Waals surface area (Å²) >= 11 is 0. The van der Waals surface area contributed by atoms with E-state index in [1.54, 1.807) is 62.3 Å². The van der Waals surface area contributed by atoms with Crippen molar-refractivity contribution in [2.24, 2.45) is 18.0 Å². The molecular weight excluding hydrogens is 610 g/mol. The van der Waals surface area contributed by atoms with Crippen LogP contribution in [0, 0.1) is 11.7 Å². The zero-order valence-electron chi connectivity index (χ0n) is 25.9. The van der Waals surface area contributed by atoms with Crippen LogP contribution in [-0.2, 0) is 37.5 Å². The average molecular weight is 644 g/mol. The third-order valence-electron chi connectivity index (χ3n) is 7.33. The number of phenols is 1. The number of ether oxygens (including phenoxy) is 2. The monoisotopic (exact) mass is 643 g/mol. The Morgan fingerprint density at radius 1 is 1.11 bits per heavy atom. The summed E-state index contributed by atoms with van der Waals surface area (Å²) in [5.74, 6) is -2.53. The number of halogens is 4. The van der Waals surface area contributed by atoms with E-state index in [9.17, 15) is 32.3 Å². The Labute approximate surface area is 261 Å². The van der Waals surface area contributed by atoms with Crippen LogP contribution >= 0.6 is 0 Å². The number of phenolic OH excluding ortho intramolecular Hbond substituents is 1. The van der Waals surface area contributed by atoms with Gasteiger partial charge in [0.25, 0.3) is 0 Å². The molecule has 46 heavy (non-hydrogen) atoms. The lowest BCUT2D eigenvalue weighted by atomic mass is 9.86. The minimum absolute atomic E-state index is 0.00941. The number of aryl methyl sites for hydroxylation is 2. The van der Waals surface area contributed by atoms with Crippen molar-refractivity contribution in [2.45, 2.75) is 59.0 Å². The van der Waals surface area contributed by atoms with E-state index in [0.29, 0.717) is 11.1 Å². The van der Waals surface area contributed by atoms with Crippen LogP contribution in [0.25, 0.3) is 11.1 Å². The number of carbonyl (C=O) groups is 2. The van der Waals surface area contributed by atoms with Crippen molar-refractivity contribution >= 4 is 11.9 Å². The average Bonchev–Trinajstić information content (AvgIpc) is 3.55. The van der Waals surface area contributed by atoms with E-state index < -0.39 is 41.0 Å². The molecule has 0 spiro atoms. The van der Waals surface area contributed by atoms with Gasteiger partial charge in [0.2, 0.25) is 5.62 Å². The summed E-state index contributed by atoms with van der Waals surface area (Å²) < 4.78 is 71.9. The molecule has 10 nitrogen and oxygen atoms in total. The highest BCUT2D eigenvalue weighted by Gasteiger charge is 2.40. The second-order valence-corrected chi connectivity index (χ2v) is 12.1. The summed E-state index contributed by atoms with van der Waals surface area (Å²) in [5, 5.41) is 13.6. The van der Waals surface area contributed by atoms with E-state index >= 15 is 0 Å². The van der Waals surface area contributed by atoms with Crippen LogP contribution < -0.4 is 10.4 Å². The summed E-state index contributed by atoms with van der Waals surface area (Å²) in [6.45, 7) is 6.82. The first kappa shape index (κ1) is 32.5. The number of imidazole rings is 1. The van der Waals surface area contributed by atoms with Crippen LogP contribution in [-0.4, -0.2) is 48.1 Å². The number of ketones is 1. The molecule has 0 saturated heterocycles. The standard InChI is InChI=1S/C32H33F4N5O5/c1-6-41-16-23(28(38-41)32(34,35)36)21-12-19(15-40-10-9-39(5)29(40)37-30(44)46-31(2,3)4)13-22-26(43)20(17-45-27(21)22)11-18-7-8-24(33)25(42)14-18/h7-10,12-14,16,20,42H,6,11,15,17H2,1-5H3. The lowest BCUT2D eigenvalue weighted by Gasteiger charge is -2.27. The first-order chi connectivity index (χ1) is 21.5. The molecule has 0 saturated carbocycles. The van der Waals surface area contributed by atoms with Gasteiger partial charge in [-0.2, -0.15) is 18.3 Å². The summed E-state index contributed by atoms with van der Waals surface area (Å²) in [5.41, 5.74) is -0.937. The molecule has 1 aliphatic heterocycles. The highest BCUT2D eigenvalue weighted by Crippen LogP contribution is 2.44. The van der Waals surface area contributed by atoms with Crippen molar-refractivity contribution in [1.29, 1.82) is 0 Å². The van der Waals surface area contributed by atoms with E-state index in [-0.39, 0.29) is 60.0 Å². The molecule has 244 valence electrons. The number of alkyl halides is 3. The molecule has 0 aliphatic carbocycles. The van der Waals surface area contributed by atoms with Crippen LogP contribution in [0.5, 0.6) is 11.5 Å². The Hall–Kier alpha value is -4.88. The summed E-state index contributed by atoms with van der Waals surface area (Å²) in [6.07, 6.45) is -0.965. The predicted octanol–water partition coefficient (Wildman–Crippen LogP) is 5.89. The number of carbonyl (C=O) groups excluding carboxylic acids is 2. The predicted molar refractivity (Wildman–Crippen MR) is 158 cm³/mol. The van der Waals surface area contributed by atoms with E-state index in [1.807, 2.05) is 0 Å². The molecule has 2 aromatic heterocycles. The lowest BCUT2D eigenvalue weighted by Crippen LogP contribution is -2.31. The minimum Gasteiger partial charge on any atom is -0.505 e. The van der Waals surface area contributed by atoms with Gasteiger partial charge in [-0.1, -0.05) is 6.07 Å². The fourth-order valence-electron chi connectivity index (χ4n) is 5.26. The summed E-state index contributed by atoms with van der Waals surface area (Å²) in [6, 6.07) is 6.80. The maximum absolute atomic E-state index is 14.2. The Morgan fingerprint density at radius 3 is 2.48 bits per heavy atom. The van der Waals surface area contributed by atoms with Crippen LogP contribution in [0.4, 0.5) is 22.4 Å². The largest absolute Gasteiger partial charge is 0.505 e. The molecule has 1 aliphatic rings. The van der Waals surface area contributed by atoms with Crippen LogP contribution in [0.15, 0.2) is 53.9 Å². The fraction of sp³-hybridized carbons (Fsp3) is 0.375. The van der Waals surface area contributed by atoms with E-state index in [4.69, 9.17) is 9.47 Å². The number of nitrogens with zero attached hydrogens (tertiary/aromatic N) is 5. The van der Waals surface area contributed by atoms with Gasteiger partial charge in [0.05, 0.1) is 24.6 Å². The molecular formula is C32H33F4N5O5. The van der Waals surface area contributed by atoms with Gasteiger partial charge in [0.1, 0.15) is 11.4 Å². The molecule has 1 N–H and O–H groups in total. The highest BCUT2D eigenvalue weighted by molar-refractivity contribution is 6.04. The van der Waals surface area contributed by atoms with Gasteiger partial charge in [0, 0.05) is 43.3 Å². The van der Waals surface area contributed by atoms with Gasteiger partial charge in [-0.25, -0.2) is 9.18 Å². The number of rotatable bonds is 6. The molecule has 0 fully saturated rings. The van der Waals surface area contributed by atoms with E-state index in [1.165, 1.54) is 24.4 Å². The second kappa shape index (κ2) is 12.1. The number of hydrogen-bond donors (Lipinski definition) is 1. The molecule has 0 bridgehead atoms. The number of benzene rings is 2. The van der Waals surface area contributed by atoms with Crippen molar-refractivity contribution in [3.8, 4) is 22.6 Å². The summed E-state index contributed by atoms with van der Waals surface area (Å²) in [7, 11) is 1.67. The van der Waals surface area contributed by atoms with Gasteiger partial charge in [-0.3, -0.25) is 9.48 Å². The summed E-state index contributed by atoms with van der Waals surface area (Å²) in [4.78, 5) is 30.5. The van der Waals surface area contributed by atoms with Gasteiger partial charge < -0.3 is 23.7 Å². The van der Waals surface area contributed by atoms with Crippen LogP contribution in [0.3, 0.4) is 0 Å². The van der Waals surface area contributed by atoms with Crippen LogP contribution in [0.1, 0.15) is 54.9 Å². The number of hydrogen-bond acceptors (Lipinski definition) is 6. The topological polar surface area (TPSA) is 113 Å². The SMILES string of the molecule is CCn1cc(-c2cc(Cn3ccn(C)c3=NC(=O)OC(C)(C)C)cc3c2OCC(Cc2ccc(F)c(O)c2)C3=O)c(C(F)(F)F)n1. The number of fused-ring (bicyclic) bond motifs is 1. The number of aromatic nitrogens is 4. The maximum atomic E-state index is 14.2. The van der Waals surface area contributed by atoms with Gasteiger partial charge >= 0.3 is 12.3 Å². The molecule has 1 atom stereocenters. The van der Waals surface area contributed by atoms with Crippen molar-refractivity contribution in [2.75, 3.05) is 6.61 Å². The zero-order chi connectivity index (χ0) is 33.6. The van der Waals surface area contributed by atoms with E-state index in [0.717, 1.165) is 10.7 Å². The van der Waals surface area contributed by atoms with Crippen molar-refractivity contribution in [1.82, 2.24) is 18.9 Å². The van der Waals surface area contributed by atoms with E-state index in [2.05, 4.69) is 10.1 Å². The lowest BCUT2D eigenvalue weighted by molar-refractivity contribution is -0.141. The first-order valence-corrected chi connectivity index (χ1v) is 14.5. The molecule has 0 radical (unpaired) electrons. The van der Waals surface area contributed by atoms with Gasteiger partial charge in [-0.15, -0.1) is 4.99 Å². The molecule has 14 heteroatoms. The fourth-order valence-corrected chi connectivity index (χ4v) is 5.26. The Bertz CT molecular complexity index is 1880. The number of aromatic hydroxyl groups is 1. The number of amides is 1. The molecule has 4 aromatic rings. The van der Waals surface area contributed by atoms with Gasteiger partial charge in [-0.05, 0) is 69.5 Å². The van der Waals surface area contributed by atoms with Crippen molar-refractivity contribution < 1.29 is 41.7 Å². The smallest absolute Gasteiger partial charge is 0.437 e. The molecule has 3 heterocycles. The third-order valence-corrected chi connectivity index (χ3v) is 7.33. The molecule has 2 aromatic carbocycles. The van der Waals surface area contributed by atoms with Crippen molar-refractivity contribution in [3.63, 3.8) is 0 Å². The third kappa shape index (κ3) is 6.85. The minimum atomic E-state index is -4.79. The second-order valence-electron chi connectivity index (χ2n) is 12.1. The molecule has 1 amide bonds. The quantitative estimate of drug-likeness (QED) is 0.262. The number of Topliss-reactive ketones (excluding diaryl/α,β-unsaturated/α-hetero) is 1. The Morgan fingerprint density at radius 2 is 1.83 bits per heavy atom. The van der Waals surface area contributed by atoms with Crippen molar-refractivity contribution in [3.05, 3.63) is 82.7 Å². The zero-order valence-corrected chi connectivity index (χ0v) is 25.9. The van der Waals surface area contributed by atoms with Crippen LogP contribution in [0.2, 0.25) is 0 Å². The molecule has 1 unspecified atom stereocenters. The first-order valence-electron chi connectivity index (χ1n) is 14.5. The Kier molecular flexibility index (Phi) is 8.58. The normalized spacial score (nSPS) is 15.5. The molecule has 5 rings (SSSR count).